The summed E-state index contributed by atoms with van der Waals surface area (Å²) in [5.74, 6) is 0. The van der Waals surface area contributed by atoms with Gasteiger partial charge in [-0.3, -0.25) is 0 Å². The largest absolute Gasteiger partial charge is 0.352 e. The van der Waals surface area contributed by atoms with E-state index in [1.54, 1.807) is 0 Å². The number of nitrogens with zero attached hydrogens (tertiary/aromatic N) is 1. The Hall–Kier alpha value is -1.51. The quantitative estimate of drug-likeness (QED) is 0.506. The van der Waals surface area contributed by atoms with E-state index in [0.29, 0.717) is 0 Å². The summed E-state index contributed by atoms with van der Waals surface area (Å²) in [6, 6.07) is 5.95. The first kappa shape index (κ1) is 4.33. The number of nitrogens with one attached hydrogen (secondary N) is 1. The summed E-state index contributed by atoms with van der Waals surface area (Å²) in [6.45, 7) is 0. The normalized spacial score (nSPS) is 12.0. The predicted molar refractivity (Wildman–Crippen MR) is 37.1 cm³/mol. The molecule has 0 aliphatic carbocycles. The van der Waals surface area contributed by atoms with Crippen molar-refractivity contribution in [3.05, 3.63) is 18.2 Å². The molecule has 0 atom stereocenters. The van der Waals surface area contributed by atoms with Gasteiger partial charge in [-0.05, 0) is 12.1 Å². The number of para-hydroxylation sites is 1. The number of aromatic amines is 1. The summed E-state index contributed by atoms with van der Waals surface area (Å²) in [4.78, 5) is 3.10. The summed E-state index contributed by atoms with van der Waals surface area (Å²) in [5.41, 5.74) is 2.75. The Balaban J connectivity index is 2.92. The highest BCUT2D eigenvalue weighted by atomic mass is 16.5. The molecule has 3 rings (SSSR count). The van der Waals surface area contributed by atoms with Crippen LogP contribution in [0.2, 0.25) is 0 Å². The van der Waals surface area contributed by atoms with Crippen molar-refractivity contribution in [3.8, 4) is 0 Å². The zero-order chi connectivity index (χ0) is 6.55. The van der Waals surface area contributed by atoms with Gasteiger partial charge in [-0.1, -0.05) is 11.2 Å². The number of benzene rings is 1. The summed E-state index contributed by atoms with van der Waals surface area (Å²) in [5, 5.41) is 4.87. The van der Waals surface area contributed by atoms with Gasteiger partial charge in [-0.25, -0.2) is 0 Å². The maximum atomic E-state index is 5.00. The number of H-pyrrole nitrogens is 1. The van der Waals surface area contributed by atoms with Gasteiger partial charge in [0, 0.05) is 0 Å². The van der Waals surface area contributed by atoms with Crippen molar-refractivity contribution in [1.82, 2.24) is 10.1 Å². The fourth-order valence-electron chi connectivity index (χ4n) is 1.28. The molecule has 1 N–H and O–H groups in total. The molecule has 4 bridgehead atoms. The van der Waals surface area contributed by atoms with E-state index in [0.717, 1.165) is 22.1 Å². The van der Waals surface area contributed by atoms with Crippen molar-refractivity contribution >= 4 is 22.1 Å². The molecule has 0 saturated carbocycles. The van der Waals surface area contributed by atoms with Gasteiger partial charge in [-0.15, -0.1) is 0 Å². The predicted octanol–water partition coefficient (Wildman–Crippen LogP) is 1.75. The zero-order valence-electron chi connectivity index (χ0n) is 5.09. The third-order valence-corrected chi connectivity index (χ3v) is 1.75. The van der Waals surface area contributed by atoms with Gasteiger partial charge in [0.25, 0.3) is 0 Å². The second kappa shape index (κ2) is 1.16. The van der Waals surface area contributed by atoms with Gasteiger partial charge in [0.1, 0.15) is 0 Å². The third kappa shape index (κ3) is 0.301. The van der Waals surface area contributed by atoms with Crippen molar-refractivity contribution in [2.24, 2.45) is 0 Å². The molecule has 0 amide bonds. The summed E-state index contributed by atoms with van der Waals surface area (Å²) in [7, 11) is 0. The Kier molecular flexibility index (Phi) is 0.502. The second-order valence-electron chi connectivity index (χ2n) is 2.34. The average molecular weight is 132 g/mol. The van der Waals surface area contributed by atoms with Crippen LogP contribution in [0.15, 0.2) is 22.7 Å². The molecule has 2 aromatic heterocycles. The van der Waals surface area contributed by atoms with Gasteiger partial charge in [-0.2, -0.15) is 0 Å². The van der Waals surface area contributed by atoms with Crippen LogP contribution < -0.4 is 0 Å². The smallest absolute Gasteiger partial charge is 0.192 e. The molecule has 3 nitrogen and oxygen atoms in total. The first-order valence-corrected chi connectivity index (χ1v) is 3.10. The van der Waals surface area contributed by atoms with Crippen LogP contribution in [0.1, 0.15) is 0 Å². The van der Waals surface area contributed by atoms with Crippen molar-refractivity contribution in [3.63, 3.8) is 0 Å². The van der Waals surface area contributed by atoms with Crippen molar-refractivity contribution in [2.75, 3.05) is 0 Å². The lowest BCUT2D eigenvalue weighted by molar-refractivity contribution is 0.461. The molecule has 3 heteroatoms. The fraction of sp³-hybridized carbons (Fsp3) is 0. The van der Waals surface area contributed by atoms with E-state index >= 15 is 0 Å². The molecule has 0 saturated heterocycles. The van der Waals surface area contributed by atoms with E-state index in [1.165, 1.54) is 0 Å². The van der Waals surface area contributed by atoms with Crippen LogP contribution in [0.5, 0.6) is 0 Å². The minimum Gasteiger partial charge on any atom is -0.352 e. The summed E-state index contributed by atoms with van der Waals surface area (Å²) in [6.07, 6.45) is 0. The topological polar surface area (TPSA) is 41.8 Å². The summed E-state index contributed by atoms with van der Waals surface area (Å²) < 4.78 is 5.00. The zero-order valence-corrected chi connectivity index (χ0v) is 5.09. The van der Waals surface area contributed by atoms with E-state index in [9.17, 15) is 0 Å². The minimum absolute atomic E-state index is 0.843. The van der Waals surface area contributed by atoms with Crippen LogP contribution in [0.3, 0.4) is 0 Å². The van der Waals surface area contributed by atoms with Crippen molar-refractivity contribution in [1.29, 1.82) is 0 Å². The molecule has 0 aliphatic rings. The Morgan fingerprint density at radius 1 is 1.40 bits per heavy atom. The van der Waals surface area contributed by atoms with Gasteiger partial charge in [0.05, 0.1) is 10.9 Å². The highest BCUT2D eigenvalue weighted by molar-refractivity contribution is 6.03. The molecular weight excluding hydrogens is 128 g/mol. The van der Waals surface area contributed by atoms with E-state index in [2.05, 4.69) is 10.1 Å². The number of hydrogen-bond donors (Lipinski definition) is 1. The van der Waals surface area contributed by atoms with Crippen LogP contribution in [-0.2, 0) is 0 Å². The highest BCUT2D eigenvalue weighted by Crippen LogP contribution is 2.25. The third-order valence-electron chi connectivity index (χ3n) is 1.75. The van der Waals surface area contributed by atoms with Gasteiger partial charge in [0.15, 0.2) is 11.2 Å². The highest BCUT2D eigenvalue weighted by Gasteiger charge is 2.09. The maximum absolute atomic E-state index is 5.00. The van der Waals surface area contributed by atoms with Gasteiger partial charge in [0.2, 0.25) is 0 Å². The van der Waals surface area contributed by atoms with Crippen LogP contribution in [0.25, 0.3) is 22.1 Å². The number of hydrogen-bond acceptors (Lipinski definition) is 2. The van der Waals surface area contributed by atoms with Crippen LogP contribution in [0.4, 0.5) is 0 Å². The van der Waals surface area contributed by atoms with E-state index in [1.807, 2.05) is 18.2 Å². The van der Waals surface area contributed by atoms with Crippen LogP contribution >= 0.6 is 0 Å². The van der Waals surface area contributed by atoms with Gasteiger partial charge >= 0.3 is 0 Å². The molecule has 10 heavy (non-hydrogen) atoms. The molecular formula is C7H4N2O. The SMILES string of the molecule is c1cc2[nH]c3noc2c3c1. The standard InChI is InChI=1S/C7H4N2O/c1-2-4-6-5(3-1)8-7(4)9-10-6/h1-3H,(H,8,9). The average Bonchev–Trinajstić information content (AvgIpc) is 2.44. The molecule has 2 heterocycles. The molecule has 1 aromatic carbocycles. The molecule has 0 spiro atoms. The summed E-state index contributed by atoms with van der Waals surface area (Å²) >= 11 is 0. The molecule has 0 radical (unpaired) electrons. The Bertz CT molecular complexity index is 454. The number of rotatable bonds is 0. The Morgan fingerprint density at radius 2 is 2.40 bits per heavy atom. The first-order valence-electron chi connectivity index (χ1n) is 3.10. The lowest BCUT2D eigenvalue weighted by Gasteiger charge is -1.82. The fourth-order valence-corrected chi connectivity index (χ4v) is 1.28. The number of aromatic nitrogens is 2. The monoisotopic (exact) mass is 132 g/mol. The molecule has 48 valence electrons. The van der Waals surface area contributed by atoms with Crippen molar-refractivity contribution < 1.29 is 4.52 Å². The minimum atomic E-state index is 0.843. The van der Waals surface area contributed by atoms with Crippen LogP contribution in [-0.4, -0.2) is 10.1 Å². The van der Waals surface area contributed by atoms with Crippen molar-refractivity contribution in [2.45, 2.75) is 0 Å². The Labute approximate surface area is 55.9 Å². The molecule has 3 aromatic rings. The van der Waals surface area contributed by atoms with E-state index in [4.69, 9.17) is 4.52 Å². The molecule has 0 unspecified atom stereocenters. The molecule has 0 aliphatic heterocycles. The van der Waals surface area contributed by atoms with Gasteiger partial charge < -0.3 is 9.51 Å². The maximum Gasteiger partial charge on any atom is 0.192 e. The Morgan fingerprint density at radius 3 is 3.20 bits per heavy atom. The first-order chi connectivity index (χ1) is 4.95. The lowest BCUT2D eigenvalue weighted by Crippen LogP contribution is -1.68. The second-order valence-corrected chi connectivity index (χ2v) is 2.34. The van der Waals surface area contributed by atoms with E-state index in [-0.39, 0.29) is 0 Å². The lowest BCUT2D eigenvalue weighted by atomic mass is 10.3. The molecule has 0 fully saturated rings. The van der Waals surface area contributed by atoms with Crippen LogP contribution in [0, 0.1) is 0 Å². The van der Waals surface area contributed by atoms with E-state index < -0.39 is 0 Å².